The van der Waals surface area contributed by atoms with Crippen LogP contribution in [0.15, 0.2) is 54.6 Å². The Hall–Kier alpha value is -4.02. The molecule has 0 radical (unpaired) electrons. The van der Waals surface area contributed by atoms with Crippen LogP contribution in [0.5, 0.6) is 5.75 Å². The number of nitrogens with zero attached hydrogens (tertiary/aromatic N) is 2. The molecule has 11 heteroatoms. The lowest BCUT2D eigenvalue weighted by atomic mass is 10.1. The number of hydrogen-bond acceptors (Lipinski definition) is 3. The Morgan fingerprint density at radius 1 is 0.970 bits per heavy atom. The Bertz CT molecular complexity index is 1360. The predicted molar refractivity (Wildman–Crippen MR) is 107 cm³/mol. The van der Waals surface area contributed by atoms with Gasteiger partial charge in [-0.25, -0.2) is 18.2 Å². The predicted octanol–water partition coefficient (Wildman–Crippen LogP) is 5.72. The van der Waals surface area contributed by atoms with Crippen molar-refractivity contribution in [2.45, 2.75) is 6.18 Å². The van der Waals surface area contributed by atoms with Crippen molar-refractivity contribution in [3.63, 3.8) is 0 Å². The number of aromatic nitrogens is 2. The van der Waals surface area contributed by atoms with E-state index in [9.17, 15) is 31.1 Å². The zero-order valence-electron chi connectivity index (χ0n) is 16.7. The fourth-order valence-corrected chi connectivity index (χ4v) is 3.26. The first-order valence-corrected chi connectivity index (χ1v) is 9.29. The largest absolute Gasteiger partial charge is 0.497 e. The molecule has 5 nitrogen and oxygen atoms in total. The number of amides is 1. The molecule has 0 saturated heterocycles. The summed E-state index contributed by atoms with van der Waals surface area (Å²) in [6.45, 7) is 0. The maximum atomic E-state index is 13.8. The maximum absolute atomic E-state index is 13.8. The highest BCUT2D eigenvalue weighted by Crippen LogP contribution is 2.35. The molecule has 4 rings (SSSR count). The Kier molecular flexibility index (Phi) is 5.48. The van der Waals surface area contributed by atoms with Gasteiger partial charge < -0.3 is 10.1 Å². The lowest BCUT2D eigenvalue weighted by molar-refractivity contribution is -0.145. The van der Waals surface area contributed by atoms with E-state index in [1.807, 2.05) is 0 Å². The molecule has 3 aromatic carbocycles. The van der Waals surface area contributed by atoms with Gasteiger partial charge in [-0.15, -0.1) is 0 Å². The highest BCUT2D eigenvalue weighted by molar-refractivity contribution is 6.04. The molecule has 0 saturated carbocycles. The molecule has 0 fully saturated rings. The summed E-state index contributed by atoms with van der Waals surface area (Å²) in [4.78, 5) is 15.9. The van der Waals surface area contributed by atoms with Crippen LogP contribution in [0.1, 0.15) is 16.2 Å². The van der Waals surface area contributed by atoms with E-state index in [0.717, 1.165) is 4.57 Å². The number of anilines is 1. The van der Waals surface area contributed by atoms with Gasteiger partial charge in [0.25, 0.3) is 5.91 Å². The van der Waals surface area contributed by atoms with Crippen LogP contribution in [0.4, 0.5) is 32.0 Å². The van der Waals surface area contributed by atoms with Crippen molar-refractivity contribution in [3.05, 3.63) is 83.4 Å². The van der Waals surface area contributed by atoms with E-state index < -0.39 is 40.9 Å². The third-order valence-electron chi connectivity index (χ3n) is 4.77. The van der Waals surface area contributed by atoms with Crippen molar-refractivity contribution < 1.29 is 35.9 Å². The average molecular weight is 465 g/mol. The number of methoxy groups -OCH3 is 1. The molecule has 1 amide bonds. The molecule has 0 atom stereocenters. The number of carbonyl (C=O) groups excluding carboxylic acids is 1. The first-order chi connectivity index (χ1) is 15.6. The van der Waals surface area contributed by atoms with Gasteiger partial charge in [-0.1, -0.05) is 0 Å². The quantitative estimate of drug-likeness (QED) is 0.310. The topological polar surface area (TPSA) is 56.1 Å². The van der Waals surface area contributed by atoms with Crippen molar-refractivity contribution in [1.29, 1.82) is 0 Å². The second-order valence-corrected chi connectivity index (χ2v) is 6.84. The van der Waals surface area contributed by atoms with Crippen LogP contribution < -0.4 is 10.1 Å². The fraction of sp³-hybridized carbons (Fsp3) is 0.0909. The van der Waals surface area contributed by atoms with Gasteiger partial charge in [0.15, 0.2) is 11.6 Å². The Morgan fingerprint density at radius 2 is 1.64 bits per heavy atom. The van der Waals surface area contributed by atoms with E-state index in [-0.39, 0.29) is 22.4 Å². The van der Waals surface area contributed by atoms with Gasteiger partial charge in [-0.2, -0.15) is 13.2 Å². The van der Waals surface area contributed by atoms with Crippen LogP contribution in [-0.2, 0) is 6.18 Å². The van der Waals surface area contributed by atoms with Crippen LogP contribution in [0, 0.1) is 17.5 Å². The number of fused-ring (bicyclic) bond motifs is 1. The van der Waals surface area contributed by atoms with Crippen molar-refractivity contribution in [3.8, 4) is 11.4 Å². The summed E-state index contributed by atoms with van der Waals surface area (Å²) in [7, 11) is 1.37. The summed E-state index contributed by atoms with van der Waals surface area (Å²) < 4.78 is 87.8. The molecule has 170 valence electrons. The van der Waals surface area contributed by atoms with Crippen molar-refractivity contribution in [2.24, 2.45) is 0 Å². The third kappa shape index (κ3) is 4.09. The number of halogens is 6. The zero-order valence-corrected chi connectivity index (χ0v) is 16.7. The molecule has 0 unspecified atom stereocenters. The van der Waals surface area contributed by atoms with Crippen LogP contribution in [0.2, 0.25) is 0 Å². The molecule has 0 bridgehead atoms. The van der Waals surface area contributed by atoms with Crippen LogP contribution in [0.25, 0.3) is 16.7 Å². The monoisotopic (exact) mass is 465 g/mol. The molecule has 1 aromatic heterocycles. The van der Waals surface area contributed by atoms with E-state index in [0.29, 0.717) is 17.9 Å². The Labute approximate surface area is 182 Å². The standard InChI is InChI=1S/C22H13F6N3O2/c1-33-13-6-9-17-16(10-13)30-21(22(26,27)28)31(17)12-4-2-11(3-5-12)29-20(32)18-14(23)7-8-15(24)19(18)25/h2-10H,1H3,(H,29,32). The lowest BCUT2D eigenvalue weighted by Gasteiger charge is -2.13. The molecule has 1 heterocycles. The molecule has 4 aromatic rings. The van der Waals surface area contributed by atoms with Crippen LogP contribution in [0.3, 0.4) is 0 Å². The molecular weight excluding hydrogens is 452 g/mol. The molecule has 1 N–H and O–H groups in total. The first kappa shape index (κ1) is 22.2. The van der Waals surface area contributed by atoms with E-state index in [4.69, 9.17) is 4.74 Å². The van der Waals surface area contributed by atoms with Gasteiger partial charge in [-0.3, -0.25) is 9.36 Å². The smallest absolute Gasteiger partial charge is 0.450 e. The molecule has 0 aliphatic heterocycles. The Balaban J connectivity index is 1.71. The summed E-state index contributed by atoms with van der Waals surface area (Å²) in [6.07, 6.45) is -4.77. The van der Waals surface area contributed by atoms with Gasteiger partial charge in [-0.05, 0) is 48.5 Å². The minimum atomic E-state index is -4.77. The second-order valence-electron chi connectivity index (χ2n) is 6.84. The third-order valence-corrected chi connectivity index (χ3v) is 4.77. The van der Waals surface area contributed by atoms with Crippen LogP contribution >= 0.6 is 0 Å². The van der Waals surface area contributed by atoms with Crippen molar-refractivity contribution in [1.82, 2.24) is 9.55 Å². The highest BCUT2D eigenvalue weighted by atomic mass is 19.4. The van der Waals surface area contributed by atoms with Gasteiger partial charge in [0, 0.05) is 17.4 Å². The number of imidazole rings is 1. The van der Waals surface area contributed by atoms with Gasteiger partial charge in [0.1, 0.15) is 17.1 Å². The number of rotatable bonds is 4. The molecule has 0 aliphatic rings. The van der Waals surface area contributed by atoms with E-state index in [2.05, 4.69) is 10.3 Å². The lowest BCUT2D eigenvalue weighted by Crippen LogP contribution is -2.17. The van der Waals surface area contributed by atoms with Crippen LogP contribution in [-0.4, -0.2) is 22.6 Å². The SMILES string of the molecule is COc1ccc2c(c1)nc(C(F)(F)F)n2-c1ccc(NC(=O)c2c(F)ccc(F)c2F)cc1. The number of benzene rings is 3. The fourth-order valence-electron chi connectivity index (χ4n) is 3.26. The number of carbonyl (C=O) groups is 1. The summed E-state index contributed by atoms with van der Waals surface area (Å²) in [5.41, 5.74) is -0.824. The van der Waals surface area contributed by atoms with Gasteiger partial charge in [0.05, 0.1) is 18.1 Å². The average Bonchev–Trinajstić information content (AvgIpc) is 3.16. The summed E-state index contributed by atoms with van der Waals surface area (Å²) in [5.74, 6) is -6.42. The van der Waals surface area contributed by atoms with E-state index in [1.165, 1.54) is 49.6 Å². The number of alkyl halides is 3. The summed E-state index contributed by atoms with van der Waals surface area (Å²) >= 11 is 0. The number of ether oxygens (including phenoxy) is 1. The molecule has 33 heavy (non-hydrogen) atoms. The Morgan fingerprint density at radius 3 is 2.27 bits per heavy atom. The second kappa shape index (κ2) is 8.15. The van der Waals surface area contributed by atoms with Crippen molar-refractivity contribution in [2.75, 3.05) is 12.4 Å². The number of hydrogen-bond donors (Lipinski definition) is 1. The minimum Gasteiger partial charge on any atom is -0.497 e. The highest BCUT2D eigenvalue weighted by Gasteiger charge is 2.38. The first-order valence-electron chi connectivity index (χ1n) is 9.29. The van der Waals surface area contributed by atoms with E-state index >= 15 is 0 Å². The number of nitrogens with one attached hydrogen (secondary N) is 1. The van der Waals surface area contributed by atoms with Crippen molar-refractivity contribution >= 4 is 22.6 Å². The van der Waals surface area contributed by atoms with E-state index in [1.54, 1.807) is 0 Å². The summed E-state index contributed by atoms with van der Waals surface area (Å²) in [6, 6.07) is 10.4. The van der Waals surface area contributed by atoms with Gasteiger partial charge in [0.2, 0.25) is 5.82 Å². The normalized spacial score (nSPS) is 11.6. The zero-order chi connectivity index (χ0) is 23.9. The van der Waals surface area contributed by atoms with Gasteiger partial charge >= 0.3 is 6.18 Å². The molecular formula is C22H13F6N3O2. The molecule has 0 spiro atoms. The molecule has 0 aliphatic carbocycles. The minimum absolute atomic E-state index is 0.0199. The maximum Gasteiger partial charge on any atom is 0.450 e. The summed E-state index contributed by atoms with van der Waals surface area (Å²) in [5, 5.41) is 2.19.